The number of aliphatic hydroxyl groups is 1. The minimum absolute atomic E-state index is 0.468. The van der Waals surface area contributed by atoms with Crippen molar-refractivity contribution in [1.82, 2.24) is 0 Å². The summed E-state index contributed by atoms with van der Waals surface area (Å²) in [5, 5.41) is 10.8. The fourth-order valence-corrected chi connectivity index (χ4v) is 2.89. The molecular weight excluding hydrogens is 360 g/mol. The first kappa shape index (κ1) is 21.4. The Morgan fingerprint density at radius 1 is 0.821 bits per heavy atom. The minimum atomic E-state index is -0.923. The monoisotopic (exact) mass is 388 g/mol. The Morgan fingerprint density at radius 2 is 1.43 bits per heavy atom. The lowest BCUT2D eigenvalue weighted by Gasteiger charge is -2.23. The van der Waals surface area contributed by atoms with E-state index in [4.69, 9.17) is 23.7 Å². The molecule has 0 bridgehead atoms. The zero-order chi connectivity index (χ0) is 20.7. The molecule has 0 aliphatic carbocycles. The quantitative estimate of drug-likeness (QED) is 0.693. The molecule has 0 radical (unpaired) electrons. The van der Waals surface area contributed by atoms with Gasteiger partial charge in [0.1, 0.15) is 12.2 Å². The Hall–Kier alpha value is -2.86. The van der Waals surface area contributed by atoms with E-state index in [0.29, 0.717) is 34.3 Å². The lowest BCUT2D eigenvalue weighted by molar-refractivity contribution is 0.0448. The average molecular weight is 388 g/mol. The summed E-state index contributed by atoms with van der Waals surface area (Å²) in [6, 6.07) is 9.05. The third-order valence-electron chi connectivity index (χ3n) is 4.33. The van der Waals surface area contributed by atoms with Crippen LogP contribution >= 0.6 is 0 Å². The summed E-state index contributed by atoms with van der Waals surface area (Å²) < 4.78 is 27.4. The number of rotatable bonds is 9. The molecule has 2 rings (SSSR count). The first-order chi connectivity index (χ1) is 13.5. The van der Waals surface area contributed by atoms with Crippen LogP contribution in [0.2, 0.25) is 0 Å². The highest BCUT2D eigenvalue weighted by molar-refractivity contribution is 5.56. The summed E-state index contributed by atoms with van der Waals surface area (Å²) in [5.41, 5.74) is 1.59. The highest BCUT2D eigenvalue weighted by Crippen LogP contribution is 2.40. The van der Waals surface area contributed by atoms with E-state index in [1.165, 1.54) is 21.3 Å². The van der Waals surface area contributed by atoms with Crippen LogP contribution in [-0.4, -0.2) is 39.6 Å². The summed E-state index contributed by atoms with van der Waals surface area (Å²) in [7, 11) is 6.18. The van der Waals surface area contributed by atoms with Crippen molar-refractivity contribution in [2.24, 2.45) is 0 Å². The van der Waals surface area contributed by atoms with E-state index in [0.717, 1.165) is 5.56 Å². The molecule has 0 saturated carbocycles. The summed E-state index contributed by atoms with van der Waals surface area (Å²) >= 11 is 0. The fourth-order valence-electron chi connectivity index (χ4n) is 2.89. The van der Waals surface area contributed by atoms with Gasteiger partial charge in [0, 0.05) is 0 Å². The standard InChI is InChI=1S/C22H28O6/c1-7-8-15-9-10-17(18(11-15)24-3)28-14(2)21(23)16-12-19(25-4)22(27-6)20(13-16)26-5/h7-14,21,23H,1-6H3/b8-7+/t14-,21-/m0/s1. The Bertz CT molecular complexity index is 790. The molecule has 2 aromatic rings. The van der Waals surface area contributed by atoms with Crippen molar-refractivity contribution in [3.05, 3.63) is 47.5 Å². The molecular formula is C22H28O6. The minimum Gasteiger partial charge on any atom is -0.493 e. The second-order valence-electron chi connectivity index (χ2n) is 6.14. The summed E-state index contributed by atoms with van der Waals surface area (Å²) in [5.74, 6) is 2.55. The number of allylic oxidation sites excluding steroid dienone is 1. The molecule has 0 aromatic heterocycles. The summed E-state index contributed by atoms with van der Waals surface area (Å²) in [6.07, 6.45) is 2.45. The van der Waals surface area contributed by atoms with Crippen molar-refractivity contribution in [1.29, 1.82) is 0 Å². The van der Waals surface area contributed by atoms with Crippen LogP contribution in [0.25, 0.3) is 6.08 Å². The van der Waals surface area contributed by atoms with Crippen LogP contribution in [0.4, 0.5) is 0 Å². The molecule has 0 amide bonds. The Balaban J connectivity index is 2.29. The van der Waals surface area contributed by atoms with Gasteiger partial charge in [-0.05, 0) is 49.2 Å². The Kier molecular flexibility index (Phi) is 7.58. The van der Waals surface area contributed by atoms with E-state index in [2.05, 4.69) is 0 Å². The largest absolute Gasteiger partial charge is 0.493 e. The van der Waals surface area contributed by atoms with Crippen LogP contribution in [0.15, 0.2) is 36.4 Å². The SMILES string of the molecule is C/C=C/c1ccc(O[C@@H](C)[C@H](O)c2cc(OC)c(OC)c(OC)c2)c(OC)c1. The van der Waals surface area contributed by atoms with Gasteiger partial charge in [-0.3, -0.25) is 0 Å². The van der Waals surface area contributed by atoms with Crippen molar-refractivity contribution >= 4 is 6.08 Å². The number of hydrogen-bond acceptors (Lipinski definition) is 6. The lowest BCUT2D eigenvalue weighted by atomic mass is 10.0. The maximum atomic E-state index is 10.8. The van der Waals surface area contributed by atoms with Gasteiger partial charge in [0.05, 0.1) is 28.4 Å². The van der Waals surface area contributed by atoms with Crippen LogP contribution in [0, 0.1) is 0 Å². The lowest BCUT2D eigenvalue weighted by Crippen LogP contribution is -2.22. The molecule has 2 atom stereocenters. The number of ether oxygens (including phenoxy) is 5. The first-order valence-electron chi connectivity index (χ1n) is 8.94. The smallest absolute Gasteiger partial charge is 0.203 e. The van der Waals surface area contributed by atoms with Gasteiger partial charge in [0.2, 0.25) is 5.75 Å². The highest BCUT2D eigenvalue weighted by atomic mass is 16.5. The number of methoxy groups -OCH3 is 4. The number of benzene rings is 2. The molecule has 6 nitrogen and oxygen atoms in total. The molecule has 6 heteroatoms. The first-order valence-corrected chi connectivity index (χ1v) is 8.94. The van der Waals surface area contributed by atoms with Gasteiger partial charge in [0.25, 0.3) is 0 Å². The van der Waals surface area contributed by atoms with Gasteiger partial charge in [0.15, 0.2) is 23.0 Å². The Labute approximate surface area is 166 Å². The van der Waals surface area contributed by atoms with Crippen LogP contribution in [-0.2, 0) is 0 Å². The van der Waals surface area contributed by atoms with Gasteiger partial charge >= 0.3 is 0 Å². The molecule has 0 aliphatic rings. The summed E-state index contributed by atoms with van der Waals surface area (Å²) in [4.78, 5) is 0. The van der Waals surface area contributed by atoms with Crippen LogP contribution < -0.4 is 23.7 Å². The van der Waals surface area contributed by atoms with E-state index in [1.807, 2.05) is 37.3 Å². The highest BCUT2D eigenvalue weighted by Gasteiger charge is 2.23. The third-order valence-corrected chi connectivity index (χ3v) is 4.33. The zero-order valence-electron chi connectivity index (χ0n) is 17.2. The normalized spacial score (nSPS) is 13.1. The van der Waals surface area contributed by atoms with Crippen molar-refractivity contribution in [2.45, 2.75) is 26.1 Å². The third kappa shape index (κ3) is 4.70. The molecule has 28 heavy (non-hydrogen) atoms. The molecule has 152 valence electrons. The van der Waals surface area contributed by atoms with Crippen molar-refractivity contribution < 1.29 is 28.8 Å². The van der Waals surface area contributed by atoms with Crippen molar-refractivity contribution in [3.8, 4) is 28.7 Å². The van der Waals surface area contributed by atoms with Gasteiger partial charge < -0.3 is 28.8 Å². The molecule has 0 saturated heterocycles. The van der Waals surface area contributed by atoms with Crippen LogP contribution in [0.1, 0.15) is 31.1 Å². The molecule has 0 heterocycles. The molecule has 0 unspecified atom stereocenters. The molecule has 1 N–H and O–H groups in total. The molecule has 0 aliphatic heterocycles. The maximum Gasteiger partial charge on any atom is 0.203 e. The number of aliphatic hydroxyl groups excluding tert-OH is 1. The van der Waals surface area contributed by atoms with Crippen LogP contribution in [0.3, 0.4) is 0 Å². The zero-order valence-corrected chi connectivity index (χ0v) is 17.2. The predicted molar refractivity (Wildman–Crippen MR) is 109 cm³/mol. The Morgan fingerprint density at radius 3 is 1.93 bits per heavy atom. The maximum absolute atomic E-state index is 10.8. The van der Waals surface area contributed by atoms with Gasteiger partial charge in [-0.15, -0.1) is 0 Å². The van der Waals surface area contributed by atoms with Crippen molar-refractivity contribution in [3.63, 3.8) is 0 Å². The molecule has 2 aromatic carbocycles. The second-order valence-corrected chi connectivity index (χ2v) is 6.14. The van der Waals surface area contributed by atoms with Gasteiger partial charge in [-0.2, -0.15) is 0 Å². The van der Waals surface area contributed by atoms with Gasteiger partial charge in [-0.25, -0.2) is 0 Å². The fraction of sp³-hybridized carbons (Fsp3) is 0.364. The topological polar surface area (TPSA) is 66.4 Å². The van der Waals surface area contributed by atoms with E-state index in [-0.39, 0.29) is 0 Å². The molecule has 0 fully saturated rings. The van der Waals surface area contributed by atoms with E-state index in [9.17, 15) is 5.11 Å². The predicted octanol–water partition coefficient (Wildman–Crippen LogP) is 4.26. The van der Waals surface area contributed by atoms with E-state index < -0.39 is 12.2 Å². The summed E-state index contributed by atoms with van der Waals surface area (Å²) in [6.45, 7) is 3.74. The second kappa shape index (κ2) is 9.90. The van der Waals surface area contributed by atoms with Crippen LogP contribution in [0.5, 0.6) is 28.7 Å². The molecule has 0 spiro atoms. The van der Waals surface area contributed by atoms with E-state index >= 15 is 0 Å². The van der Waals surface area contributed by atoms with E-state index in [1.54, 1.807) is 26.2 Å². The average Bonchev–Trinajstić information content (AvgIpc) is 2.72. The van der Waals surface area contributed by atoms with Gasteiger partial charge in [-0.1, -0.05) is 18.2 Å². The van der Waals surface area contributed by atoms with Crippen molar-refractivity contribution in [2.75, 3.05) is 28.4 Å². The number of hydrogen-bond donors (Lipinski definition) is 1.